The van der Waals surface area contributed by atoms with Gasteiger partial charge in [-0.15, -0.1) is 34.9 Å². The third-order valence-corrected chi connectivity index (χ3v) is 9.36. The van der Waals surface area contributed by atoms with E-state index in [4.69, 9.17) is 16.5 Å². The zero-order chi connectivity index (χ0) is 34.8. The van der Waals surface area contributed by atoms with Gasteiger partial charge in [-0.2, -0.15) is 0 Å². The molecule has 2 unspecified atom stereocenters. The van der Waals surface area contributed by atoms with Crippen LogP contribution in [-0.2, 0) is 20.1 Å². The number of hydrogen-bond donors (Lipinski definition) is 2. The molecule has 0 bridgehead atoms. The van der Waals surface area contributed by atoms with Crippen LogP contribution in [0.3, 0.4) is 0 Å². The van der Waals surface area contributed by atoms with Crippen molar-refractivity contribution in [1.29, 1.82) is 0 Å². The van der Waals surface area contributed by atoms with Crippen molar-refractivity contribution in [3.8, 4) is 33.8 Å². The molecule has 0 aliphatic carbocycles. The van der Waals surface area contributed by atoms with Gasteiger partial charge in [0.05, 0.1) is 30.2 Å². The molecule has 0 saturated carbocycles. The van der Waals surface area contributed by atoms with Crippen LogP contribution < -0.4 is 0 Å². The number of aliphatic hydroxyl groups excluding tert-OH is 2. The topological polar surface area (TPSA) is 70.6 Å². The second-order valence-corrected chi connectivity index (χ2v) is 13.1. The van der Waals surface area contributed by atoms with E-state index in [0.29, 0.717) is 23.9 Å². The zero-order valence-electron chi connectivity index (χ0n) is 30.5. The Morgan fingerprint density at radius 2 is 1.29 bits per heavy atom. The Balaban J connectivity index is 0.000000427. The van der Waals surface area contributed by atoms with Crippen molar-refractivity contribution in [2.24, 2.45) is 11.8 Å². The van der Waals surface area contributed by atoms with Crippen molar-refractivity contribution in [3.05, 3.63) is 99.5 Å². The van der Waals surface area contributed by atoms with Crippen LogP contribution in [-0.4, -0.2) is 32.4 Å². The van der Waals surface area contributed by atoms with E-state index in [2.05, 4.69) is 96.6 Å². The number of rotatable bonds is 11. The van der Waals surface area contributed by atoms with Crippen LogP contribution >= 0.6 is 0 Å². The summed E-state index contributed by atoms with van der Waals surface area (Å²) in [5.41, 5.74) is 12.6. The normalized spacial score (nSPS) is 12.2. The molecule has 48 heavy (non-hydrogen) atoms. The zero-order valence-corrected chi connectivity index (χ0v) is 32.9. The fourth-order valence-electron chi connectivity index (χ4n) is 6.63. The van der Waals surface area contributed by atoms with E-state index in [9.17, 15) is 10.2 Å². The van der Waals surface area contributed by atoms with Gasteiger partial charge >= 0.3 is 0 Å². The molecule has 0 amide bonds. The summed E-state index contributed by atoms with van der Waals surface area (Å²) in [7, 11) is 0. The van der Waals surface area contributed by atoms with E-state index in [1.807, 2.05) is 32.2 Å². The van der Waals surface area contributed by atoms with Crippen molar-refractivity contribution in [1.82, 2.24) is 9.97 Å². The molecule has 2 N–H and O–H groups in total. The van der Waals surface area contributed by atoms with Crippen LogP contribution in [0.25, 0.3) is 38.6 Å². The summed E-state index contributed by atoms with van der Waals surface area (Å²) in [5.74, 6) is 0.683. The van der Waals surface area contributed by atoms with Crippen LogP contribution in [0.5, 0.6) is 0 Å². The van der Waals surface area contributed by atoms with E-state index < -0.39 is 0 Å². The van der Waals surface area contributed by atoms with Gasteiger partial charge in [-0.1, -0.05) is 109 Å². The average molecular weight is 825 g/mol. The Morgan fingerprint density at radius 3 is 1.79 bits per heavy atom. The quantitative estimate of drug-likeness (QED) is 0.148. The van der Waals surface area contributed by atoms with Gasteiger partial charge in [0.2, 0.25) is 0 Å². The Hall–Kier alpha value is -3.20. The molecular weight excluding hydrogens is 771 g/mol. The standard InChI is InChI=1S/C29H26N3.C13H28O2.Ir/c1-17-10-18(2)13-23(12-17)28-29(24-14-19(3)11-20(4)15-24)32-26(16-31-28)25-9-8-21(5)27(30-7)22(25)6;1-5-10(6-2)12(14)9-13(15)11(7-3)8-4;/h8-12,14-16H,1-6H3;10-15H,5-9H2,1-4H3;/q-1;;. The summed E-state index contributed by atoms with van der Waals surface area (Å²) in [6.07, 6.45) is 5.66. The van der Waals surface area contributed by atoms with E-state index >= 15 is 0 Å². The van der Waals surface area contributed by atoms with Crippen LogP contribution in [0.1, 0.15) is 93.2 Å². The predicted molar refractivity (Wildman–Crippen MR) is 197 cm³/mol. The van der Waals surface area contributed by atoms with Crippen LogP contribution in [0.4, 0.5) is 5.69 Å². The number of hydrogen-bond acceptors (Lipinski definition) is 4. The van der Waals surface area contributed by atoms with Gasteiger partial charge in [-0.25, -0.2) is 4.85 Å². The number of aliphatic hydroxyl groups is 2. The summed E-state index contributed by atoms with van der Waals surface area (Å²) in [5, 5.41) is 19.9. The van der Waals surface area contributed by atoms with E-state index in [-0.39, 0.29) is 32.3 Å². The van der Waals surface area contributed by atoms with Crippen molar-refractivity contribution >= 4 is 5.69 Å². The number of aryl methyl sites for hydroxylation is 5. The molecule has 0 aliphatic heterocycles. The SMILES string of the molecule is CCC(CC)C(O)CC(O)C(CC)CC.[C-]#[N+]c1c(C)ccc(-c2cnc(-c3[c-]c(C)cc(C)c3)c(-c3cc(C)cc(C)c3)n2)c1C.[Ir]. The fourth-order valence-corrected chi connectivity index (χ4v) is 6.63. The molecule has 1 radical (unpaired) electrons. The van der Waals surface area contributed by atoms with Crippen molar-refractivity contribution < 1.29 is 30.3 Å². The maximum absolute atomic E-state index is 9.96. The summed E-state index contributed by atoms with van der Waals surface area (Å²) >= 11 is 0. The molecule has 4 rings (SSSR count). The first kappa shape index (κ1) is 41.0. The molecule has 259 valence electrons. The molecule has 0 saturated heterocycles. The van der Waals surface area contributed by atoms with Crippen molar-refractivity contribution in [2.75, 3.05) is 0 Å². The monoisotopic (exact) mass is 825 g/mol. The molecule has 0 fully saturated rings. The maximum atomic E-state index is 9.96. The van der Waals surface area contributed by atoms with E-state index in [1.165, 1.54) is 16.7 Å². The van der Waals surface area contributed by atoms with Gasteiger partial charge in [0, 0.05) is 32.0 Å². The Kier molecular flexibility index (Phi) is 16.3. The maximum Gasteiger partial charge on any atom is 0.193 e. The predicted octanol–water partition coefficient (Wildman–Crippen LogP) is 10.6. The van der Waals surface area contributed by atoms with Crippen LogP contribution in [0.15, 0.2) is 48.7 Å². The van der Waals surface area contributed by atoms with Crippen LogP contribution in [0.2, 0.25) is 0 Å². The van der Waals surface area contributed by atoms with E-state index in [1.54, 1.807) is 0 Å². The van der Waals surface area contributed by atoms with Crippen molar-refractivity contribution in [2.45, 2.75) is 114 Å². The third kappa shape index (κ3) is 10.4. The average Bonchev–Trinajstić information content (AvgIpc) is 3.01. The molecular formula is C42H54IrN3O2-. The number of benzene rings is 3. The van der Waals surface area contributed by atoms with Gasteiger partial charge in [0.15, 0.2) is 5.69 Å². The first-order valence-corrected chi connectivity index (χ1v) is 17.2. The van der Waals surface area contributed by atoms with Gasteiger partial charge in [0.1, 0.15) is 0 Å². The minimum atomic E-state index is -0.337. The Labute approximate surface area is 303 Å². The minimum Gasteiger partial charge on any atom is -0.393 e. The summed E-state index contributed by atoms with van der Waals surface area (Å²) in [6, 6.07) is 18.2. The summed E-state index contributed by atoms with van der Waals surface area (Å²) in [6.45, 7) is 28.3. The van der Waals surface area contributed by atoms with E-state index in [0.717, 1.165) is 76.1 Å². The summed E-state index contributed by atoms with van der Waals surface area (Å²) < 4.78 is 0. The third-order valence-electron chi connectivity index (χ3n) is 9.36. The largest absolute Gasteiger partial charge is 0.393 e. The Bertz CT molecular complexity index is 1630. The van der Waals surface area contributed by atoms with Gasteiger partial charge < -0.3 is 15.2 Å². The molecule has 4 aromatic rings. The van der Waals surface area contributed by atoms with Crippen molar-refractivity contribution in [3.63, 3.8) is 0 Å². The van der Waals surface area contributed by atoms with Gasteiger partial charge in [-0.05, 0) is 68.2 Å². The number of nitrogens with zero attached hydrogens (tertiary/aromatic N) is 3. The number of aromatic nitrogens is 2. The first-order valence-electron chi connectivity index (χ1n) is 17.2. The molecule has 2 atom stereocenters. The van der Waals surface area contributed by atoms with Gasteiger partial charge in [-0.3, -0.25) is 4.98 Å². The fraction of sp³-hybridized carbons (Fsp3) is 0.452. The molecule has 1 aromatic heterocycles. The smallest absolute Gasteiger partial charge is 0.193 e. The second kappa shape index (κ2) is 19.1. The minimum absolute atomic E-state index is 0. The molecule has 0 spiro atoms. The second-order valence-electron chi connectivity index (χ2n) is 13.1. The first-order chi connectivity index (χ1) is 22.4. The molecule has 1 heterocycles. The molecule has 5 nitrogen and oxygen atoms in total. The summed E-state index contributed by atoms with van der Waals surface area (Å²) in [4.78, 5) is 13.7. The molecule has 6 heteroatoms. The van der Waals surface area contributed by atoms with Crippen LogP contribution in [0, 0.1) is 66.0 Å². The molecule has 0 aliphatic rings. The molecule has 3 aromatic carbocycles. The Morgan fingerprint density at radius 1 is 0.750 bits per heavy atom. The van der Waals surface area contributed by atoms with Gasteiger partial charge in [0.25, 0.3) is 0 Å².